The summed E-state index contributed by atoms with van der Waals surface area (Å²) in [6.45, 7) is 5.69. The van der Waals surface area contributed by atoms with E-state index in [0.29, 0.717) is 19.5 Å². The molecule has 0 unspecified atom stereocenters. The van der Waals surface area contributed by atoms with Crippen LogP contribution in [0.3, 0.4) is 0 Å². The van der Waals surface area contributed by atoms with Gasteiger partial charge in [-0.05, 0) is 37.8 Å². The number of benzene rings is 1. The van der Waals surface area contributed by atoms with Gasteiger partial charge in [-0.3, -0.25) is 4.79 Å². The Morgan fingerprint density at radius 1 is 1.25 bits per heavy atom. The number of urea groups is 1. The molecule has 1 aromatic rings. The monoisotopic (exact) mass is 327 g/mol. The van der Waals surface area contributed by atoms with E-state index >= 15 is 0 Å². The minimum absolute atomic E-state index is 0.0862. The number of nitrogens with one attached hydrogen (secondary N) is 1. The molecule has 0 aliphatic carbocycles. The van der Waals surface area contributed by atoms with Crippen LogP contribution in [-0.2, 0) is 4.79 Å². The van der Waals surface area contributed by atoms with Crippen molar-refractivity contribution in [2.24, 2.45) is 0 Å². The van der Waals surface area contributed by atoms with Crippen molar-refractivity contribution in [3.05, 3.63) is 43.0 Å². The molecule has 3 amide bonds. The highest BCUT2D eigenvalue weighted by Crippen LogP contribution is 2.36. The number of carbonyl (C=O) groups is 2. The van der Waals surface area contributed by atoms with Crippen LogP contribution in [0.4, 0.5) is 10.5 Å². The maximum Gasteiger partial charge on any atom is 0.321 e. The smallest absolute Gasteiger partial charge is 0.321 e. The van der Waals surface area contributed by atoms with E-state index in [1.807, 2.05) is 40.1 Å². The van der Waals surface area contributed by atoms with Crippen molar-refractivity contribution in [3.8, 4) is 0 Å². The molecule has 0 aromatic heterocycles. The molecule has 1 N–H and O–H groups in total. The van der Waals surface area contributed by atoms with Gasteiger partial charge in [0, 0.05) is 31.7 Å². The Hall–Kier alpha value is -2.30. The fourth-order valence-corrected chi connectivity index (χ4v) is 3.96. The number of carbonyl (C=O) groups excluding carboxylic acids is 2. The molecular weight excluding hydrogens is 302 g/mol. The summed E-state index contributed by atoms with van der Waals surface area (Å²) in [6.07, 6.45) is 6.13. The summed E-state index contributed by atoms with van der Waals surface area (Å²) in [6, 6.07) is 9.40. The molecule has 24 heavy (non-hydrogen) atoms. The zero-order valence-corrected chi connectivity index (χ0v) is 14.0. The predicted octanol–water partition coefficient (Wildman–Crippen LogP) is 3.25. The zero-order chi connectivity index (χ0) is 17.0. The highest BCUT2D eigenvalue weighted by molar-refractivity contribution is 5.89. The van der Waals surface area contributed by atoms with E-state index in [1.54, 1.807) is 6.08 Å². The third-order valence-corrected chi connectivity index (χ3v) is 5.09. The Labute approximate surface area is 143 Å². The summed E-state index contributed by atoms with van der Waals surface area (Å²) < 4.78 is 0. The third kappa shape index (κ3) is 3.30. The summed E-state index contributed by atoms with van der Waals surface area (Å²) in [5, 5.41) is 2.96. The fourth-order valence-electron chi connectivity index (χ4n) is 3.96. The van der Waals surface area contributed by atoms with Crippen LogP contribution in [0, 0.1) is 0 Å². The number of anilines is 1. The molecule has 5 heteroatoms. The average Bonchev–Trinajstić information content (AvgIpc) is 2.59. The Kier molecular flexibility index (Phi) is 4.88. The van der Waals surface area contributed by atoms with Gasteiger partial charge in [-0.1, -0.05) is 24.3 Å². The highest BCUT2D eigenvalue weighted by Gasteiger charge is 2.45. The summed E-state index contributed by atoms with van der Waals surface area (Å²) in [5.74, 6) is 0.187. The molecular formula is C19H25N3O2. The first kappa shape index (κ1) is 16.6. The van der Waals surface area contributed by atoms with Gasteiger partial charge in [0.25, 0.3) is 0 Å². The quantitative estimate of drug-likeness (QED) is 0.867. The van der Waals surface area contributed by atoms with Crippen LogP contribution < -0.4 is 5.32 Å². The van der Waals surface area contributed by atoms with Gasteiger partial charge >= 0.3 is 6.03 Å². The number of rotatable bonds is 3. The molecule has 2 fully saturated rings. The number of amides is 3. The van der Waals surface area contributed by atoms with Crippen LogP contribution in [0.5, 0.6) is 0 Å². The topological polar surface area (TPSA) is 52.7 Å². The Morgan fingerprint density at radius 2 is 2.00 bits per heavy atom. The molecule has 2 heterocycles. The van der Waals surface area contributed by atoms with Crippen LogP contribution in [0.25, 0.3) is 0 Å². The minimum atomic E-state index is -0.226. The minimum Gasteiger partial charge on any atom is -0.332 e. The highest BCUT2D eigenvalue weighted by atomic mass is 16.2. The average molecular weight is 327 g/mol. The first-order chi connectivity index (χ1) is 11.6. The van der Waals surface area contributed by atoms with Gasteiger partial charge in [-0.15, -0.1) is 6.58 Å². The first-order valence-corrected chi connectivity index (χ1v) is 8.67. The SMILES string of the molecule is C=CCN1C(=O)CCC[C@@]12CCCN(C(=O)Nc1ccccc1)C2. The van der Waals surface area contributed by atoms with Crippen LogP contribution >= 0.6 is 0 Å². The lowest BCUT2D eigenvalue weighted by atomic mass is 9.79. The van der Waals surface area contributed by atoms with Crippen molar-refractivity contribution < 1.29 is 9.59 Å². The first-order valence-electron chi connectivity index (χ1n) is 8.67. The molecule has 2 aliphatic rings. The van der Waals surface area contributed by atoms with E-state index < -0.39 is 0 Å². The van der Waals surface area contributed by atoms with Crippen LogP contribution in [0.2, 0.25) is 0 Å². The van der Waals surface area contributed by atoms with Gasteiger partial charge in [-0.25, -0.2) is 4.79 Å². The van der Waals surface area contributed by atoms with E-state index in [9.17, 15) is 9.59 Å². The van der Waals surface area contributed by atoms with E-state index in [0.717, 1.165) is 37.9 Å². The van der Waals surface area contributed by atoms with Crippen molar-refractivity contribution in [2.75, 3.05) is 25.0 Å². The zero-order valence-electron chi connectivity index (χ0n) is 14.0. The Morgan fingerprint density at radius 3 is 2.75 bits per heavy atom. The normalized spacial score (nSPS) is 24.1. The van der Waals surface area contributed by atoms with Gasteiger partial charge in [0.2, 0.25) is 5.91 Å². The van der Waals surface area contributed by atoms with Crippen LogP contribution in [-0.4, -0.2) is 46.9 Å². The van der Waals surface area contributed by atoms with Gasteiger partial charge in [0.05, 0.1) is 5.54 Å². The van der Waals surface area contributed by atoms with Crippen molar-refractivity contribution in [1.29, 1.82) is 0 Å². The number of hydrogen-bond donors (Lipinski definition) is 1. The lowest BCUT2D eigenvalue weighted by Gasteiger charge is -2.51. The van der Waals surface area contributed by atoms with E-state index in [-0.39, 0.29) is 17.5 Å². The molecule has 5 nitrogen and oxygen atoms in total. The van der Waals surface area contributed by atoms with E-state index in [4.69, 9.17) is 0 Å². The number of piperidine rings is 2. The lowest BCUT2D eigenvalue weighted by molar-refractivity contribution is -0.143. The molecule has 0 bridgehead atoms. The van der Waals surface area contributed by atoms with Crippen LogP contribution in [0.1, 0.15) is 32.1 Å². The second-order valence-corrected chi connectivity index (χ2v) is 6.69. The fraction of sp³-hybridized carbons (Fsp3) is 0.474. The van der Waals surface area contributed by atoms with Crippen molar-refractivity contribution in [2.45, 2.75) is 37.6 Å². The van der Waals surface area contributed by atoms with Gasteiger partial charge in [0.15, 0.2) is 0 Å². The molecule has 0 saturated carbocycles. The van der Waals surface area contributed by atoms with Gasteiger partial charge in [0.1, 0.15) is 0 Å². The van der Waals surface area contributed by atoms with Crippen molar-refractivity contribution in [1.82, 2.24) is 9.80 Å². The van der Waals surface area contributed by atoms with E-state index in [1.165, 1.54) is 0 Å². The Balaban J connectivity index is 1.74. The lowest BCUT2D eigenvalue weighted by Crippen LogP contribution is -2.63. The second kappa shape index (κ2) is 7.07. The largest absolute Gasteiger partial charge is 0.332 e. The van der Waals surface area contributed by atoms with E-state index in [2.05, 4.69) is 11.9 Å². The molecule has 0 radical (unpaired) electrons. The number of hydrogen-bond acceptors (Lipinski definition) is 2. The number of likely N-dealkylation sites (tertiary alicyclic amines) is 2. The van der Waals surface area contributed by atoms with Crippen molar-refractivity contribution >= 4 is 17.6 Å². The molecule has 2 aliphatic heterocycles. The van der Waals surface area contributed by atoms with Gasteiger partial charge in [-0.2, -0.15) is 0 Å². The standard InChI is InChI=1S/C19H25N3O2/c1-2-13-22-17(23)10-6-11-19(22)12-7-14-21(15-19)18(24)20-16-8-4-3-5-9-16/h2-5,8-9H,1,6-7,10-15H2,(H,20,24)/t19-/m0/s1. The molecule has 1 atom stereocenters. The predicted molar refractivity (Wildman–Crippen MR) is 94.8 cm³/mol. The number of nitrogens with zero attached hydrogens (tertiary/aromatic N) is 2. The number of para-hydroxylation sites is 1. The van der Waals surface area contributed by atoms with Crippen LogP contribution in [0.15, 0.2) is 43.0 Å². The molecule has 1 spiro atoms. The van der Waals surface area contributed by atoms with Crippen molar-refractivity contribution in [3.63, 3.8) is 0 Å². The molecule has 2 saturated heterocycles. The summed E-state index contributed by atoms with van der Waals surface area (Å²) in [5.41, 5.74) is 0.570. The maximum atomic E-state index is 12.6. The summed E-state index contributed by atoms with van der Waals surface area (Å²) in [4.78, 5) is 28.8. The third-order valence-electron chi connectivity index (χ3n) is 5.09. The summed E-state index contributed by atoms with van der Waals surface area (Å²) in [7, 11) is 0. The molecule has 3 rings (SSSR count). The van der Waals surface area contributed by atoms with Gasteiger partial charge < -0.3 is 15.1 Å². The molecule has 1 aromatic carbocycles. The second-order valence-electron chi connectivity index (χ2n) is 6.69. The molecule has 128 valence electrons. The summed E-state index contributed by atoms with van der Waals surface area (Å²) >= 11 is 0. The Bertz CT molecular complexity index is 612. The maximum absolute atomic E-state index is 12.6.